The van der Waals surface area contributed by atoms with Crippen LogP contribution >= 0.6 is 11.8 Å². The van der Waals surface area contributed by atoms with E-state index in [2.05, 4.69) is 31.2 Å². The lowest BCUT2D eigenvalue weighted by atomic mass is 10.1. The molecule has 0 aliphatic heterocycles. The van der Waals surface area contributed by atoms with Gasteiger partial charge in [0.05, 0.1) is 6.10 Å². The van der Waals surface area contributed by atoms with Crippen LogP contribution in [0.2, 0.25) is 0 Å². The van der Waals surface area contributed by atoms with Gasteiger partial charge in [-0.2, -0.15) is 11.8 Å². The van der Waals surface area contributed by atoms with E-state index in [0.717, 1.165) is 17.9 Å². The van der Waals surface area contributed by atoms with E-state index in [4.69, 9.17) is 0 Å². The van der Waals surface area contributed by atoms with Crippen molar-refractivity contribution in [2.24, 2.45) is 0 Å². The fourth-order valence-corrected chi connectivity index (χ4v) is 2.76. The first-order valence-corrected chi connectivity index (χ1v) is 7.78. The van der Waals surface area contributed by atoms with E-state index in [-0.39, 0.29) is 6.10 Å². The van der Waals surface area contributed by atoms with Crippen LogP contribution < -0.4 is 0 Å². The molecule has 1 rings (SSSR count). The third kappa shape index (κ3) is 7.45. The van der Waals surface area contributed by atoms with Crippen molar-refractivity contribution < 1.29 is 5.11 Å². The summed E-state index contributed by atoms with van der Waals surface area (Å²) in [6.45, 7) is 2.21. The maximum atomic E-state index is 9.81. The van der Waals surface area contributed by atoms with Crippen LogP contribution in [0.5, 0.6) is 0 Å². The zero-order valence-electron chi connectivity index (χ0n) is 10.8. The molecule has 0 radical (unpaired) electrons. The summed E-state index contributed by atoms with van der Waals surface area (Å²) in [5.74, 6) is 1.87. The van der Waals surface area contributed by atoms with Crippen molar-refractivity contribution in [2.45, 2.75) is 50.9 Å². The molecule has 0 fully saturated rings. The molecule has 0 unspecified atom stereocenters. The largest absolute Gasteiger partial charge is 0.392 e. The quantitative estimate of drug-likeness (QED) is 0.663. The Kier molecular flexibility index (Phi) is 8.20. The summed E-state index contributed by atoms with van der Waals surface area (Å²) in [4.78, 5) is 0. The van der Waals surface area contributed by atoms with Crippen molar-refractivity contribution in [2.75, 3.05) is 5.75 Å². The predicted molar refractivity (Wildman–Crippen MR) is 77.4 cm³/mol. The first-order chi connectivity index (χ1) is 8.33. The van der Waals surface area contributed by atoms with E-state index < -0.39 is 0 Å². The van der Waals surface area contributed by atoms with Gasteiger partial charge in [-0.15, -0.1) is 0 Å². The molecule has 1 nitrogen and oxygen atoms in total. The molecule has 1 aromatic carbocycles. The van der Waals surface area contributed by atoms with E-state index in [9.17, 15) is 5.11 Å². The zero-order valence-corrected chi connectivity index (χ0v) is 11.6. The molecule has 0 spiro atoms. The average molecular weight is 252 g/mol. The van der Waals surface area contributed by atoms with E-state index in [1.54, 1.807) is 0 Å². The average Bonchev–Trinajstić information content (AvgIpc) is 2.36. The van der Waals surface area contributed by atoms with Gasteiger partial charge in [0.2, 0.25) is 0 Å². The molecule has 17 heavy (non-hydrogen) atoms. The second kappa shape index (κ2) is 9.55. The Morgan fingerprint density at radius 2 is 1.88 bits per heavy atom. The minimum absolute atomic E-state index is 0.124. The molecular weight excluding hydrogens is 228 g/mol. The molecule has 0 saturated carbocycles. The molecule has 1 atom stereocenters. The predicted octanol–water partition coefficient (Wildman–Crippen LogP) is 4.25. The highest BCUT2D eigenvalue weighted by Gasteiger charge is 2.03. The van der Waals surface area contributed by atoms with Crippen molar-refractivity contribution in [3.63, 3.8) is 0 Å². The van der Waals surface area contributed by atoms with Gasteiger partial charge in [-0.05, 0) is 12.0 Å². The van der Waals surface area contributed by atoms with Gasteiger partial charge in [-0.1, -0.05) is 62.9 Å². The maximum Gasteiger partial charge on any atom is 0.0630 e. The lowest BCUT2D eigenvalue weighted by molar-refractivity contribution is 0.185. The van der Waals surface area contributed by atoms with Gasteiger partial charge >= 0.3 is 0 Å². The van der Waals surface area contributed by atoms with Gasteiger partial charge in [0.1, 0.15) is 0 Å². The molecule has 0 aliphatic rings. The number of aliphatic hydroxyl groups is 1. The van der Waals surface area contributed by atoms with Crippen LogP contribution in [0.25, 0.3) is 0 Å². The Labute approximate surface area is 110 Å². The van der Waals surface area contributed by atoms with Crippen LogP contribution in [0.1, 0.15) is 44.6 Å². The number of hydrogen-bond acceptors (Lipinski definition) is 2. The van der Waals surface area contributed by atoms with Crippen molar-refractivity contribution in [1.82, 2.24) is 0 Å². The Balaban J connectivity index is 2.02. The van der Waals surface area contributed by atoms with Crippen LogP contribution in [0.4, 0.5) is 0 Å². The summed E-state index contributed by atoms with van der Waals surface area (Å²) < 4.78 is 0. The Bertz CT molecular complexity index is 274. The summed E-state index contributed by atoms with van der Waals surface area (Å²) in [6.07, 6.45) is 5.82. The number of benzene rings is 1. The number of hydrogen-bond donors (Lipinski definition) is 1. The van der Waals surface area contributed by atoms with Crippen molar-refractivity contribution >= 4 is 11.8 Å². The van der Waals surface area contributed by atoms with Crippen molar-refractivity contribution in [3.05, 3.63) is 35.9 Å². The van der Waals surface area contributed by atoms with E-state index in [0.29, 0.717) is 0 Å². The molecule has 0 aromatic heterocycles. The Hall–Kier alpha value is -0.470. The molecule has 0 amide bonds. The second-order valence-electron chi connectivity index (χ2n) is 4.50. The van der Waals surface area contributed by atoms with Gasteiger partial charge in [0.15, 0.2) is 0 Å². The molecule has 0 bridgehead atoms. The van der Waals surface area contributed by atoms with Gasteiger partial charge in [0, 0.05) is 11.5 Å². The van der Waals surface area contributed by atoms with E-state index in [1.165, 1.54) is 31.2 Å². The van der Waals surface area contributed by atoms with Crippen LogP contribution in [-0.2, 0) is 5.75 Å². The van der Waals surface area contributed by atoms with Gasteiger partial charge < -0.3 is 5.11 Å². The summed E-state index contributed by atoms with van der Waals surface area (Å²) >= 11 is 1.83. The third-order valence-corrected chi connectivity index (χ3v) is 3.97. The Morgan fingerprint density at radius 3 is 2.59 bits per heavy atom. The molecule has 0 aliphatic carbocycles. The number of thioether (sulfide) groups is 1. The smallest absolute Gasteiger partial charge is 0.0630 e. The molecule has 2 heteroatoms. The second-order valence-corrected chi connectivity index (χ2v) is 5.53. The molecule has 1 aromatic rings. The van der Waals surface area contributed by atoms with Crippen molar-refractivity contribution in [1.29, 1.82) is 0 Å². The standard InChI is InChI=1S/C15H24OS/c1-2-3-4-8-11-15(16)13-17-12-14-9-6-5-7-10-14/h5-7,9-10,15-16H,2-4,8,11-13H2,1H3/t15-/m1/s1. The lowest BCUT2D eigenvalue weighted by Crippen LogP contribution is -2.09. The minimum Gasteiger partial charge on any atom is -0.392 e. The zero-order chi connectivity index (χ0) is 12.3. The molecular formula is C15H24OS. The van der Waals surface area contributed by atoms with Gasteiger partial charge in [-0.3, -0.25) is 0 Å². The SMILES string of the molecule is CCCCCC[C@@H](O)CSCc1ccccc1. The van der Waals surface area contributed by atoms with Gasteiger partial charge in [0.25, 0.3) is 0 Å². The fraction of sp³-hybridized carbons (Fsp3) is 0.600. The van der Waals surface area contributed by atoms with Crippen LogP contribution in [-0.4, -0.2) is 17.0 Å². The summed E-state index contributed by atoms with van der Waals surface area (Å²) in [5.41, 5.74) is 1.34. The lowest BCUT2D eigenvalue weighted by Gasteiger charge is -2.09. The maximum absolute atomic E-state index is 9.81. The van der Waals surface area contributed by atoms with Gasteiger partial charge in [-0.25, -0.2) is 0 Å². The molecule has 1 N–H and O–H groups in total. The molecule has 0 saturated heterocycles. The number of rotatable bonds is 9. The third-order valence-electron chi connectivity index (χ3n) is 2.81. The molecule has 0 heterocycles. The first kappa shape index (κ1) is 14.6. The fourth-order valence-electron chi connectivity index (χ4n) is 1.78. The topological polar surface area (TPSA) is 20.2 Å². The highest BCUT2D eigenvalue weighted by atomic mass is 32.2. The first-order valence-electron chi connectivity index (χ1n) is 6.62. The van der Waals surface area contributed by atoms with E-state index >= 15 is 0 Å². The summed E-state index contributed by atoms with van der Waals surface area (Å²) in [5, 5.41) is 9.81. The van der Waals surface area contributed by atoms with E-state index in [1.807, 2.05) is 17.8 Å². The van der Waals surface area contributed by atoms with Crippen LogP contribution in [0.15, 0.2) is 30.3 Å². The highest BCUT2D eigenvalue weighted by Crippen LogP contribution is 2.15. The number of unbranched alkanes of at least 4 members (excludes halogenated alkanes) is 3. The normalized spacial score (nSPS) is 12.6. The van der Waals surface area contributed by atoms with Crippen LogP contribution in [0.3, 0.4) is 0 Å². The molecule has 96 valence electrons. The van der Waals surface area contributed by atoms with Crippen molar-refractivity contribution in [3.8, 4) is 0 Å². The summed E-state index contributed by atoms with van der Waals surface area (Å²) in [6, 6.07) is 10.5. The number of aliphatic hydroxyl groups excluding tert-OH is 1. The monoisotopic (exact) mass is 252 g/mol. The minimum atomic E-state index is -0.124. The summed E-state index contributed by atoms with van der Waals surface area (Å²) in [7, 11) is 0. The Morgan fingerprint density at radius 1 is 1.12 bits per heavy atom. The highest BCUT2D eigenvalue weighted by molar-refractivity contribution is 7.98. The van der Waals surface area contributed by atoms with Crippen LogP contribution in [0, 0.1) is 0 Å².